The van der Waals surface area contributed by atoms with Crippen molar-refractivity contribution in [3.05, 3.63) is 39.1 Å². The lowest BCUT2D eigenvalue weighted by Crippen LogP contribution is -2.35. The van der Waals surface area contributed by atoms with Crippen LogP contribution in [0.4, 0.5) is 11.5 Å². The molecule has 2 aromatic rings. The summed E-state index contributed by atoms with van der Waals surface area (Å²) in [6.07, 6.45) is 4.02. The predicted molar refractivity (Wildman–Crippen MR) is 81.4 cm³/mol. The molecule has 0 aliphatic carbocycles. The summed E-state index contributed by atoms with van der Waals surface area (Å²) in [6.45, 7) is 4.89. The van der Waals surface area contributed by atoms with Gasteiger partial charge in [-0.15, -0.1) is 0 Å². The van der Waals surface area contributed by atoms with Crippen molar-refractivity contribution in [1.82, 2.24) is 19.5 Å². The molecule has 2 aromatic heterocycles. The number of nitrogen functional groups attached to an aromatic ring is 1. The number of nitrogens with zero attached hydrogens (tertiary/aromatic N) is 2. The van der Waals surface area contributed by atoms with Crippen molar-refractivity contribution in [2.24, 2.45) is 5.92 Å². The molecule has 0 spiro atoms. The van der Waals surface area contributed by atoms with E-state index in [0.29, 0.717) is 19.5 Å². The summed E-state index contributed by atoms with van der Waals surface area (Å²) in [6, 6.07) is 0. The molecule has 8 nitrogen and oxygen atoms in total. The monoisotopic (exact) mass is 292 g/mol. The van der Waals surface area contributed by atoms with Crippen molar-refractivity contribution in [1.29, 1.82) is 0 Å². The Hall–Kier alpha value is -2.51. The molecule has 0 atom stereocenters. The van der Waals surface area contributed by atoms with Gasteiger partial charge in [-0.1, -0.05) is 13.8 Å². The largest absolute Gasteiger partial charge is 0.383 e. The summed E-state index contributed by atoms with van der Waals surface area (Å²) in [5, 5.41) is 2.97. The van der Waals surface area contributed by atoms with Gasteiger partial charge in [0.25, 0.3) is 5.56 Å². The Labute approximate surface area is 121 Å². The number of nitrogens with one attached hydrogen (secondary N) is 3. The number of H-pyrrole nitrogens is 2. The van der Waals surface area contributed by atoms with Gasteiger partial charge in [-0.05, 0) is 5.92 Å². The Kier molecular flexibility index (Phi) is 4.46. The molecule has 8 heteroatoms. The van der Waals surface area contributed by atoms with E-state index in [9.17, 15) is 9.59 Å². The van der Waals surface area contributed by atoms with Crippen molar-refractivity contribution in [2.45, 2.75) is 26.8 Å². The quantitative estimate of drug-likeness (QED) is 0.604. The minimum absolute atomic E-state index is 0.164. The number of hydrogen-bond donors (Lipinski definition) is 4. The van der Waals surface area contributed by atoms with E-state index < -0.39 is 11.2 Å². The highest BCUT2D eigenvalue weighted by Crippen LogP contribution is 2.11. The zero-order valence-electron chi connectivity index (χ0n) is 12.1. The van der Waals surface area contributed by atoms with E-state index >= 15 is 0 Å². The molecule has 0 aliphatic rings. The van der Waals surface area contributed by atoms with Crippen LogP contribution >= 0.6 is 0 Å². The molecule has 0 saturated carbocycles. The molecule has 0 bridgehead atoms. The minimum atomic E-state index is -0.503. The molecule has 2 heterocycles. The van der Waals surface area contributed by atoms with Crippen molar-refractivity contribution in [3.8, 4) is 0 Å². The molecule has 0 aliphatic heterocycles. The molecular weight excluding hydrogens is 272 g/mol. The highest BCUT2D eigenvalue weighted by Gasteiger charge is 2.12. The van der Waals surface area contributed by atoms with Crippen LogP contribution in [0.15, 0.2) is 22.0 Å². The normalized spacial score (nSPS) is 11.0. The molecule has 0 aromatic carbocycles. The number of nitrogens with two attached hydrogens (primary N) is 1. The van der Waals surface area contributed by atoms with Gasteiger partial charge in [0.15, 0.2) is 0 Å². The summed E-state index contributed by atoms with van der Waals surface area (Å²) in [4.78, 5) is 33.0. The van der Waals surface area contributed by atoms with E-state index in [4.69, 9.17) is 5.73 Å². The van der Waals surface area contributed by atoms with Crippen molar-refractivity contribution in [2.75, 3.05) is 17.6 Å². The highest BCUT2D eigenvalue weighted by molar-refractivity contribution is 5.60. The fourth-order valence-corrected chi connectivity index (χ4v) is 2.05. The number of hydrogen-bond acceptors (Lipinski definition) is 5. The van der Waals surface area contributed by atoms with Gasteiger partial charge in [0.1, 0.15) is 17.3 Å². The summed E-state index contributed by atoms with van der Waals surface area (Å²) >= 11 is 0. The molecule has 21 heavy (non-hydrogen) atoms. The van der Waals surface area contributed by atoms with Crippen molar-refractivity contribution < 1.29 is 0 Å². The maximum Gasteiger partial charge on any atom is 0.330 e. The van der Waals surface area contributed by atoms with Crippen LogP contribution in [0.25, 0.3) is 0 Å². The average molecular weight is 292 g/mol. The zero-order chi connectivity index (χ0) is 15.4. The summed E-state index contributed by atoms with van der Waals surface area (Å²) in [7, 11) is 0. The molecule has 0 saturated heterocycles. The second-order valence-corrected chi connectivity index (χ2v) is 5.24. The minimum Gasteiger partial charge on any atom is -0.383 e. The predicted octanol–water partition coefficient (Wildman–Crippen LogP) is 0.153. The van der Waals surface area contributed by atoms with Crippen LogP contribution in [-0.4, -0.2) is 26.1 Å². The van der Waals surface area contributed by atoms with Crippen molar-refractivity contribution in [3.63, 3.8) is 0 Å². The van der Waals surface area contributed by atoms with Crippen LogP contribution in [0, 0.1) is 5.92 Å². The molecular formula is C13H20N6O2. The Morgan fingerprint density at radius 2 is 2.19 bits per heavy atom. The number of aromatic nitrogens is 4. The standard InChI is InChI=1S/C13H20N6O2/c1-8(2)7-19-11(14)10(12(20)18-13(19)21)17-4-3-9-15-5-6-16-9/h5-6,8,17H,3-4,7,14H2,1-2H3,(H,15,16)(H,18,20,21). The number of aromatic amines is 2. The zero-order valence-corrected chi connectivity index (χ0v) is 12.1. The van der Waals surface area contributed by atoms with E-state index in [0.717, 1.165) is 5.82 Å². The van der Waals surface area contributed by atoms with Gasteiger partial charge in [-0.3, -0.25) is 14.3 Å². The third-order valence-electron chi connectivity index (χ3n) is 3.01. The highest BCUT2D eigenvalue weighted by atomic mass is 16.2. The molecule has 5 N–H and O–H groups in total. The summed E-state index contributed by atoms with van der Waals surface area (Å²) in [5.74, 6) is 1.22. The third-order valence-corrected chi connectivity index (χ3v) is 3.01. The molecule has 0 radical (unpaired) electrons. The summed E-state index contributed by atoms with van der Waals surface area (Å²) in [5.41, 5.74) is 5.19. The van der Waals surface area contributed by atoms with Crippen molar-refractivity contribution >= 4 is 11.5 Å². The van der Waals surface area contributed by atoms with Gasteiger partial charge < -0.3 is 16.0 Å². The van der Waals surface area contributed by atoms with Crippen LogP contribution in [0.1, 0.15) is 19.7 Å². The topological polar surface area (TPSA) is 122 Å². The smallest absolute Gasteiger partial charge is 0.330 e. The first-order valence-electron chi connectivity index (χ1n) is 6.83. The molecule has 114 valence electrons. The Bertz CT molecular complexity index is 698. The molecule has 0 unspecified atom stereocenters. The Morgan fingerprint density at radius 1 is 1.43 bits per heavy atom. The fourth-order valence-electron chi connectivity index (χ4n) is 2.05. The maximum absolute atomic E-state index is 11.9. The van der Waals surface area contributed by atoms with E-state index in [1.54, 1.807) is 12.4 Å². The van der Waals surface area contributed by atoms with E-state index in [-0.39, 0.29) is 17.4 Å². The Morgan fingerprint density at radius 3 is 2.81 bits per heavy atom. The molecule has 0 fully saturated rings. The van der Waals surface area contributed by atoms with Crippen LogP contribution < -0.4 is 22.3 Å². The second kappa shape index (κ2) is 6.29. The number of imidazole rings is 1. The number of anilines is 2. The van der Waals surface area contributed by atoms with E-state index in [1.807, 2.05) is 13.8 Å². The molecule has 0 amide bonds. The van der Waals surface area contributed by atoms with Crippen LogP contribution in [0.5, 0.6) is 0 Å². The van der Waals surface area contributed by atoms with Crippen LogP contribution in [0.3, 0.4) is 0 Å². The lowest BCUT2D eigenvalue weighted by Gasteiger charge is -2.15. The van der Waals surface area contributed by atoms with E-state index in [2.05, 4.69) is 20.3 Å². The number of rotatable bonds is 6. The lowest BCUT2D eigenvalue weighted by atomic mass is 10.2. The van der Waals surface area contributed by atoms with Gasteiger partial charge in [0, 0.05) is 31.9 Å². The van der Waals surface area contributed by atoms with Gasteiger partial charge >= 0.3 is 5.69 Å². The van der Waals surface area contributed by atoms with Crippen LogP contribution in [-0.2, 0) is 13.0 Å². The van der Waals surface area contributed by atoms with E-state index in [1.165, 1.54) is 4.57 Å². The third kappa shape index (κ3) is 3.53. The Balaban J connectivity index is 2.18. The van der Waals surface area contributed by atoms with Gasteiger partial charge in [0.05, 0.1) is 0 Å². The van der Waals surface area contributed by atoms with Gasteiger partial charge in [0.2, 0.25) is 0 Å². The van der Waals surface area contributed by atoms with Crippen LogP contribution in [0.2, 0.25) is 0 Å². The summed E-state index contributed by atoms with van der Waals surface area (Å²) < 4.78 is 1.38. The fraction of sp³-hybridized carbons (Fsp3) is 0.462. The SMILES string of the molecule is CC(C)Cn1c(N)c(NCCc2ncc[nH]2)c(=O)[nH]c1=O. The maximum atomic E-state index is 11.9. The first kappa shape index (κ1) is 14.9. The van der Waals surface area contributed by atoms with Gasteiger partial charge in [-0.2, -0.15) is 0 Å². The average Bonchev–Trinajstić information content (AvgIpc) is 2.91. The molecule has 2 rings (SSSR count). The lowest BCUT2D eigenvalue weighted by molar-refractivity contribution is 0.508. The first-order chi connectivity index (χ1) is 9.99. The second-order valence-electron chi connectivity index (χ2n) is 5.24. The first-order valence-corrected chi connectivity index (χ1v) is 6.83. The van der Waals surface area contributed by atoms with Gasteiger partial charge in [-0.25, -0.2) is 9.78 Å².